The van der Waals surface area contributed by atoms with Crippen LogP contribution >= 0.6 is 0 Å². The van der Waals surface area contributed by atoms with Gasteiger partial charge < -0.3 is 20.5 Å². The van der Waals surface area contributed by atoms with Gasteiger partial charge in [0, 0.05) is 19.6 Å². The summed E-state index contributed by atoms with van der Waals surface area (Å²) in [6.45, 7) is 3.89. The number of aryl methyl sites for hydroxylation is 1. The van der Waals surface area contributed by atoms with E-state index in [4.69, 9.17) is 4.74 Å². The first-order valence-electron chi connectivity index (χ1n) is 7.14. The van der Waals surface area contributed by atoms with E-state index in [1.165, 1.54) is 11.1 Å². The highest BCUT2D eigenvalue weighted by molar-refractivity contribution is 5.38. The van der Waals surface area contributed by atoms with E-state index < -0.39 is 5.60 Å². The molecule has 0 aliphatic carbocycles. The second-order valence-corrected chi connectivity index (χ2v) is 5.65. The Hall–Kier alpha value is -1.10. The highest BCUT2D eigenvalue weighted by Crippen LogP contribution is 2.25. The molecule has 104 valence electrons. The lowest BCUT2D eigenvalue weighted by Crippen LogP contribution is -2.42. The van der Waals surface area contributed by atoms with Crippen LogP contribution in [0.15, 0.2) is 18.2 Å². The summed E-state index contributed by atoms with van der Waals surface area (Å²) in [4.78, 5) is 0. The maximum Gasteiger partial charge on any atom is 0.122 e. The van der Waals surface area contributed by atoms with Gasteiger partial charge in [0.15, 0.2) is 0 Å². The molecule has 0 spiro atoms. The van der Waals surface area contributed by atoms with Crippen molar-refractivity contribution in [1.82, 2.24) is 10.6 Å². The fourth-order valence-electron chi connectivity index (χ4n) is 2.84. The summed E-state index contributed by atoms with van der Waals surface area (Å²) in [5.74, 6) is 1.04. The summed E-state index contributed by atoms with van der Waals surface area (Å²) >= 11 is 0. The Labute approximate surface area is 114 Å². The predicted octanol–water partition coefficient (Wildman–Crippen LogP) is 0.826. The van der Waals surface area contributed by atoms with Crippen molar-refractivity contribution < 1.29 is 9.84 Å². The Morgan fingerprint density at radius 2 is 2.37 bits per heavy atom. The van der Waals surface area contributed by atoms with Crippen molar-refractivity contribution in [2.75, 3.05) is 26.2 Å². The highest BCUT2D eigenvalue weighted by Gasteiger charge is 2.30. The molecule has 0 saturated carbocycles. The van der Waals surface area contributed by atoms with Gasteiger partial charge >= 0.3 is 0 Å². The average molecular weight is 262 g/mol. The number of β-amino-alcohol motifs (C(OH)–C–C–N with tert-alkyl or cyclic N) is 1. The molecule has 4 nitrogen and oxygen atoms in total. The zero-order chi connectivity index (χ0) is 13.1. The fourth-order valence-corrected chi connectivity index (χ4v) is 2.84. The van der Waals surface area contributed by atoms with Crippen molar-refractivity contribution in [2.24, 2.45) is 0 Å². The van der Waals surface area contributed by atoms with Crippen LogP contribution in [0.2, 0.25) is 0 Å². The number of nitrogens with one attached hydrogen (secondary N) is 2. The van der Waals surface area contributed by atoms with Gasteiger partial charge in [0.25, 0.3) is 0 Å². The summed E-state index contributed by atoms with van der Waals surface area (Å²) in [6, 6.07) is 6.39. The number of benzene rings is 1. The highest BCUT2D eigenvalue weighted by atomic mass is 16.5. The first-order chi connectivity index (χ1) is 9.25. The maximum absolute atomic E-state index is 10.2. The molecule has 1 aromatic carbocycles. The SMILES string of the molecule is OC1(CNCc2ccc3c(c2)CCCO3)CCNC1. The summed E-state index contributed by atoms with van der Waals surface area (Å²) < 4.78 is 5.61. The second-order valence-electron chi connectivity index (χ2n) is 5.65. The van der Waals surface area contributed by atoms with E-state index in [1.807, 2.05) is 0 Å². The van der Waals surface area contributed by atoms with Gasteiger partial charge in [0.2, 0.25) is 0 Å². The van der Waals surface area contributed by atoms with E-state index >= 15 is 0 Å². The number of aliphatic hydroxyl groups is 1. The van der Waals surface area contributed by atoms with Gasteiger partial charge in [-0.15, -0.1) is 0 Å². The van der Waals surface area contributed by atoms with Crippen LogP contribution in [0.25, 0.3) is 0 Å². The quantitative estimate of drug-likeness (QED) is 0.752. The molecular formula is C15H22N2O2. The summed E-state index contributed by atoms with van der Waals surface area (Å²) in [6.07, 6.45) is 3.05. The number of hydrogen-bond acceptors (Lipinski definition) is 4. The van der Waals surface area contributed by atoms with E-state index in [0.717, 1.165) is 44.7 Å². The van der Waals surface area contributed by atoms with Gasteiger partial charge in [0.05, 0.1) is 12.2 Å². The molecule has 0 bridgehead atoms. The molecule has 1 fully saturated rings. The van der Waals surface area contributed by atoms with Crippen molar-refractivity contribution in [1.29, 1.82) is 0 Å². The van der Waals surface area contributed by atoms with Crippen LogP contribution in [-0.4, -0.2) is 36.9 Å². The standard InChI is InChI=1S/C15H22N2O2/c18-15(5-6-16-10-15)11-17-9-12-3-4-14-13(8-12)2-1-7-19-14/h3-4,8,16-18H,1-2,5-7,9-11H2. The first kappa shape index (κ1) is 12.9. The Balaban J connectivity index is 1.55. The van der Waals surface area contributed by atoms with Gasteiger partial charge in [-0.05, 0) is 43.0 Å². The molecule has 19 heavy (non-hydrogen) atoms. The van der Waals surface area contributed by atoms with Crippen LogP contribution in [0.5, 0.6) is 5.75 Å². The third kappa shape index (κ3) is 3.08. The molecule has 0 amide bonds. The minimum Gasteiger partial charge on any atom is -0.493 e. The molecule has 0 radical (unpaired) electrons. The van der Waals surface area contributed by atoms with Crippen LogP contribution in [0.4, 0.5) is 0 Å². The van der Waals surface area contributed by atoms with E-state index in [9.17, 15) is 5.11 Å². The predicted molar refractivity (Wildman–Crippen MR) is 74.4 cm³/mol. The molecule has 0 aromatic heterocycles. The van der Waals surface area contributed by atoms with Crippen molar-refractivity contribution in [3.8, 4) is 5.75 Å². The maximum atomic E-state index is 10.2. The lowest BCUT2D eigenvalue weighted by atomic mass is 10.0. The van der Waals surface area contributed by atoms with E-state index in [-0.39, 0.29) is 0 Å². The van der Waals surface area contributed by atoms with E-state index in [0.29, 0.717) is 13.1 Å². The molecule has 1 unspecified atom stereocenters. The summed E-state index contributed by atoms with van der Waals surface area (Å²) in [5.41, 5.74) is 2.00. The van der Waals surface area contributed by atoms with E-state index in [2.05, 4.69) is 28.8 Å². The lowest BCUT2D eigenvalue weighted by molar-refractivity contribution is 0.0609. The molecular weight excluding hydrogens is 240 g/mol. The minimum atomic E-state index is -0.572. The lowest BCUT2D eigenvalue weighted by Gasteiger charge is -2.22. The van der Waals surface area contributed by atoms with Gasteiger partial charge in [-0.3, -0.25) is 0 Å². The second kappa shape index (κ2) is 5.49. The van der Waals surface area contributed by atoms with Crippen molar-refractivity contribution >= 4 is 0 Å². The number of ether oxygens (including phenoxy) is 1. The Kier molecular flexibility index (Phi) is 3.73. The molecule has 1 atom stereocenters. The normalized spacial score (nSPS) is 25.9. The van der Waals surface area contributed by atoms with E-state index in [1.54, 1.807) is 0 Å². The molecule has 2 aliphatic heterocycles. The topological polar surface area (TPSA) is 53.5 Å². The summed E-state index contributed by atoms with van der Waals surface area (Å²) in [5, 5.41) is 16.8. The van der Waals surface area contributed by atoms with Crippen molar-refractivity contribution in [3.63, 3.8) is 0 Å². The van der Waals surface area contributed by atoms with Crippen LogP contribution in [0.3, 0.4) is 0 Å². The third-order valence-electron chi connectivity index (χ3n) is 3.98. The molecule has 2 aliphatic rings. The monoisotopic (exact) mass is 262 g/mol. The minimum absolute atomic E-state index is 0.572. The zero-order valence-electron chi connectivity index (χ0n) is 11.2. The third-order valence-corrected chi connectivity index (χ3v) is 3.98. The van der Waals surface area contributed by atoms with Crippen LogP contribution in [-0.2, 0) is 13.0 Å². The molecule has 2 heterocycles. The van der Waals surface area contributed by atoms with Gasteiger partial charge in [-0.2, -0.15) is 0 Å². The van der Waals surface area contributed by atoms with Gasteiger partial charge in [-0.1, -0.05) is 12.1 Å². The van der Waals surface area contributed by atoms with Crippen LogP contribution < -0.4 is 15.4 Å². The molecule has 3 rings (SSSR count). The number of rotatable bonds is 4. The van der Waals surface area contributed by atoms with Gasteiger partial charge in [-0.25, -0.2) is 0 Å². The fraction of sp³-hybridized carbons (Fsp3) is 0.600. The Bertz CT molecular complexity index is 442. The number of hydrogen-bond donors (Lipinski definition) is 3. The summed E-state index contributed by atoms with van der Waals surface area (Å²) in [7, 11) is 0. The molecule has 1 aromatic rings. The first-order valence-corrected chi connectivity index (χ1v) is 7.14. The van der Waals surface area contributed by atoms with Crippen LogP contribution in [0.1, 0.15) is 24.0 Å². The smallest absolute Gasteiger partial charge is 0.122 e. The van der Waals surface area contributed by atoms with Crippen LogP contribution in [0, 0.1) is 0 Å². The van der Waals surface area contributed by atoms with Gasteiger partial charge in [0.1, 0.15) is 5.75 Å². The zero-order valence-corrected chi connectivity index (χ0v) is 11.2. The Morgan fingerprint density at radius 3 is 3.21 bits per heavy atom. The molecule has 1 saturated heterocycles. The largest absolute Gasteiger partial charge is 0.493 e. The van der Waals surface area contributed by atoms with Crippen molar-refractivity contribution in [2.45, 2.75) is 31.4 Å². The Morgan fingerprint density at radius 1 is 1.42 bits per heavy atom. The average Bonchev–Trinajstić information content (AvgIpc) is 2.86. The molecule has 4 heteroatoms. The number of fused-ring (bicyclic) bond motifs is 1. The molecule has 3 N–H and O–H groups in total. The van der Waals surface area contributed by atoms with Crippen molar-refractivity contribution in [3.05, 3.63) is 29.3 Å².